The third-order valence-corrected chi connectivity index (χ3v) is 5.24. The highest BCUT2D eigenvalue weighted by atomic mass is 16.5. The maximum Gasteiger partial charge on any atom is 0.328 e. The molecule has 1 N–H and O–H groups in total. The Labute approximate surface area is 160 Å². The molecule has 5 nitrogen and oxygen atoms in total. The fraction of sp³-hybridized carbons (Fsp3) is 0.409. The molecule has 5 heteroatoms. The van der Waals surface area contributed by atoms with Gasteiger partial charge in [-0.3, -0.25) is 0 Å². The predicted octanol–water partition coefficient (Wildman–Crippen LogP) is 3.38. The van der Waals surface area contributed by atoms with Crippen molar-refractivity contribution in [1.82, 2.24) is 0 Å². The zero-order chi connectivity index (χ0) is 18.5. The van der Waals surface area contributed by atoms with Gasteiger partial charge in [0.25, 0.3) is 0 Å². The molecule has 2 aromatic rings. The van der Waals surface area contributed by atoms with Crippen LogP contribution in [0.25, 0.3) is 0 Å². The van der Waals surface area contributed by atoms with Crippen LogP contribution in [-0.4, -0.2) is 38.3 Å². The van der Waals surface area contributed by atoms with Gasteiger partial charge in [0.15, 0.2) is 0 Å². The van der Waals surface area contributed by atoms with Gasteiger partial charge in [0.05, 0.1) is 13.2 Å². The molecule has 2 aliphatic rings. The van der Waals surface area contributed by atoms with Crippen molar-refractivity contribution < 1.29 is 14.3 Å². The van der Waals surface area contributed by atoms with Crippen molar-refractivity contribution >= 4 is 17.3 Å². The summed E-state index contributed by atoms with van der Waals surface area (Å²) in [6.07, 6.45) is 2.73. The lowest BCUT2D eigenvalue weighted by molar-refractivity contribution is -0.146. The van der Waals surface area contributed by atoms with Crippen LogP contribution in [0, 0.1) is 0 Å². The molecule has 0 bridgehead atoms. The summed E-state index contributed by atoms with van der Waals surface area (Å²) in [5.74, 6) is -0.177. The zero-order valence-electron chi connectivity index (χ0n) is 15.5. The van der Waals surface area contributed by atoms with Gasteiger partial charge in [0.1, 0.15) is 12.6 Å². The lowest BCUT2D eigenvalue weighted by Crippen LogP contribution is -2.36. The van der Waals surface area contributed by atoms with Gasteiger partial charge in [0, 0.05) is 24.5 Å². The summed E-state index contributed by atoms with van der Waals surface area (Å²) in [5, 5.41) is 3.41. The van der Waals surface area contributed by atoms with Crippen molar-refractivity contribution in [3.8, 4) is 0 Å². The Kier molecular flexibility index (Phi) is 5.58. The van der Waals surface area contributed by atoms with Crippen LogP contribution in [0.1, 0.15) is 24.0 Å². The number of aryl methyl sites for hydroxylation is 1. The summed E-state index contributed by atoms with van der Waals surface area (Å²) in [5.41, 5.74) is 4.57. The number of esters is 1. The number of ether oxygens (including phenoxy) is 2. The maximum absolute atomic E-state index is 12.5. The fourth-order valence-corrected chi connectivity index (χ4v) is 3.71. The van der Waals surface area contributed by atoms with Gasteiger partial charge < -0.3 is 19.7 Å². The molecule has 0 aliphatic carbocycles. The highest BCUT2D eigenvalue weighted by Crippen LogP contribution is 2.29. The van der Waals surface area contributed by atoms with Gasteiger partial charge in [0.2, 0.25) is 0 Å². The minimum Gasteiger partial charge on any atom is -0.459 e. The molecule has 1 fully saturated rings. The van der Waals surface area contributed by atoms with Crippen molar-refractivity contribution in [1.29, 1.82) is 0 Å². The topological polar surface area (TPSA) is 50.8 Å². The van der Waals surface area contributed by atoms with E-state index in [1.165, 1.54) is 11.3 Å². The van der Waals surface area contributed by atoms with Gasteiger partial charge in [-0.05, 0) is 48.6 Å². The summed E-state index contributed by atoms with van der Waals surface area (Å²) in [7, 11) is 0. The highest BCUT2D eigenvalue weighted by Gasteiger charge is 2.24. The Hall–Kier alpha value is -2.53. The van der Waals surface area contributed by atoms with Gasteiger partial charge in [-0.1, -0.05) is 30.3 Å². The molecule has 1 saturated heterocycles. The molecule has 27 heavy (non-hydrogen) atoms. The normalized spacial score (nSPS) is 19.6. The van der Waals surface area contributed by atoms with E-state index in [2.05, 4.69) is 28.4 Å². The Morgan fingerprint density at radius 1 is 1.15 bits per heavy atom. The van der Waals surface area contributed by atoms with Crippen molar-refractivity contribution in [3.05, 3.63) is 59.7 Å². The first kappa shape index (κ1) is 17.9. The molecule has 4 rings (SSSR count). The molecule has 0 radical (unpaired) electrons. The minimum atomic E-state index is -0.288. The number of carbonyl (C=O) groups excluding carboxylic acids is 1. The molecular weight excluding hydrogens is 340 g/mol. The second kappa shape index (κ2) is 8.44. The smallest absolute Gasteiger partial charge is 0.328 e. The molecule has 1 unspecified atom stereocenters. The first-order chi connectivity index (χ1) is 13.3. The second-order valence-corrected chi connectivity index (χ2v) is 7.12. The van der Waals surface area contributed by atoms with Gasteiger partial charge in [-0.2, -0.15) is 0 Å². The van der Waals surface area contributed by atoms with E-state index < -0.39 is 0 Å². The van der Waals surface area contributed by atoms with E-state index in [0.717, 1.165) is 56.8 Å². The molecule has 2 aromatic carbocycles. The van der Waals surface area contributed by atoms with E-state index in [1.54, 1.807) is 0 Å². The number of hydrogen-bond donors (Lipinski definition) is 1. The molecule has 2 heterocycles. The highest BCUT2D eigenvalue weighted by molar-refractivity contribution is 5.80. The van der Waals surface area contributed by atoms with Gasteiger partial charge in [-0.25, -0.2) is 4.79 Å². The Balaban J connectivity index is 1.41. The lowest BCUT2D eigenvalue weighted by Gasteiger charge is -2.29. The van der Waals surface area contributed by atoms with E-state index in [9.17, 15) is 4.79 Å². The number of fused-ring (bicyclic) bond motifs is 1. The molecule has 0 spiro atoms. The molecule has 1 atom stereocenters. The van der Waals surface area contributed by atoms with E-state index in [0.29, 0.717) is 6.61 Å². The molecule has 0 saturated carbocycles. The van der Waals surface area contributed by atoms with Gasteiger partial charge >= 0.3 is 5.97 Å². The Morgan fingerprint density at radius 2 is 1.96 bits per heavy atom. The summed E-state index contributed by atoms with van der Waals surface area (Å²) < 4.78 is 11.0. The third kappa shape index (κ3) is 4.42. The van der Waals surface area contributed by atoms with Crippen LogP contribution < -0.4 is 10.2 Å². The summed E-state index contributed by atoms with van der Waals surface area (Å²) in [6.45, 7) is 3.75. The van der Waals surface area contributed by atoms with Crippen molar-refractivity contribution in [2.75, 3.05) is 36.5 Å². The third-order valence-electron chi connectivity index (χ3n) is 5.24. The Morgan fingerprint density at radius 3 is 2.78 bits per heavy atom. The fourth-order valence-electron chi connectivity index (χ4n) is 3.71. The maximum atomic E-state index is 12.5. The van der Waals surface area contributed by atoms with Crippen molar-refractivity contribution in [2.45, 2.75) is 31.9 Å². The molecule has 2 aliphatic heterocycles. The number of anilines is 2. The average molecular weight is 366 g/mol. The number of nitrogens with one attached hydrogen (secondary N) is 1. The number of morpholine rings is 1. The first-order valence-corrected chi connectivity index (χ1v) is 9.72. The first-order valence-electron chi connectivity index (χ1n) is 9.72. The Bertz CT molecular complexity index is 772. The molecule has 142 valence electrons. The van der Waals surface area contributed by atoms with Crippen molar-refractivity contribution in [2.24, 2.45) is 0 Å². The van der Waals surface area contributed by atoms with Crippen LogP contribution >= 0.6 is 0 Å². The molecule has 0 amide bonds. The van der Waals surface area contributed by atoms with Gasteiger partial charge in [-0.15, -0.1) is 0 Å². The van der Waals surface area contributed by atoms with E-state index in [1.807, 2.05) is 30.3 Å². The quantitative estimate of drug-likeness (QED) is 0.841. The number of hydrogen-bond acceptors (Lipinski definition) is 5. The molecular formula is C22H26N2O3. The van der Waals surface area contributed by atoms with Crippen molar-refractivity contribution in [3.63, 3.8) is 0 Å². The van der Waals surface area contributed by atoms with Crippen LogP contribution in [0.15, 0.2) is 48.5 Å². The van der Waals surface area contributed by atoms with Crippen LogP contribution in [0.5, 0.6) is 0 Å². The lowest BCUT2D eigenvalue weighted by atomic mass is 10.1. The average Bonchev–Trinajstić information content (AvgIpc) is 2.95. The summed E-state index contributed by atoms with van der Waals surface area (Å²) >= 11 is 0. The van der Waals surface area contributed by atoms with Crippen LogP contribution in [0.3, 0.4) is 0 Å². The number of carbonyl (C=O) groups is 1. The van der Waals surface area contributed by atoms with Crippen LogP contribution in [0.2, 0.25) is 0 Å². The SMILES string of the molecule is O=C(OCc1ccccc1)C1CCCc2cc(N3CCOCC3)ccc2N1. The minimum absolute atomic E-state index is 0.177. The zero-order valence-corrected chi connectivity index (χ0v) is 15.5. The van der Waals surface area contributed by atoms with E-state index in [4.69, 9.17) is 9.47 Å². The summed E-state index contributed by atoms with van der Waals surface area (Å²) in [4.78, 5) is 14.9. The number of nitrogens with zero attached hydrogens (tertiary/aromatic N) is 1. The summed E-state index contributed by atoms with van der Waals surface area (Å²) in [6, 6.07) is 16.0. The van der Waals surface area contributed by atoms with Crippen LogP contribution in [0.4, 0.5) is 11.4 Å². The predicted molar refractivity (Wildman–Crippen MR) is 106 cm³/mol. The van der Waals surface area contributed by atoms with E-state index >= 15 is 0 Å². The second-order valence-electron chi connectivity index (χ2n) is 7.12. The van der Waals surface area contributed by atoms with E-state index in [-0.39, 0.29) is 12.0 Å². The monoisotopic (exact) mass is 366 g/mol. The molecule has 0 aromatic heterocycles. The van der Waals surface area contributed by atoms with Crippen LogP contribution in [-0.2, 0) is 27.3 Å². The largest absolute Gasteiger partial charge is 0.459 e. The standard InChI is InChI=1S/C22H26N2O3/c25-22(27-16-17-5-2-1-3-6-17)21-8-4-7-18-15-19(9-10-20(18)23-21)24-11-13-26-14-12-24/h1-3,5-6,9-10,15,21,23H,4,7-8,11-14,16H2. The number of benzene rings is 2. The number of rotatable bonds is 4.